The first-order valence-electron chi connectivity index (χ1n) is 7.30. The molecule has 0 radical (unpaired) electrons. The molecule has 0 heterocycles. The van der Waals surface area contributed by atoms with E-state index >= 15 is 0 Å². The van der Waals surface area contributed by atoms with Gasteiger partial charge in [-0.3, -0.25) is 4.79 Å². The van der Waals surface area contributed by atoms with Gasteiger partial charge in [0.05, 0.1) is 5.41 Å². The third-order valence-electron chi connectivity index (χ3n) is 4.12. The predicted octanol–water partition coefficient (Wildman–Crippen LogP) is 3.73. The summed E-state index contributed by atoms with van der Waals surface area (Å²) in [4.78, 5) is 12.5. The summed E-state index contributed by atoms with van der Waals surface area (Å²) in [6, 6.07) is 17.8. The fourth-order valence-corrected chi connectivity index (χ4v) is 3.04. The van der Waals surface area contributed by atoms with Gasteiger partial charge in [0.25, 0.3) is 0 Å². The van der Waals surface area contributed by atoms with Gasteiger partial charge in [0.1, 0.15) is 0 Å². The molecular formula is C18H18ClNO. The Morgan fingerprint density at radius 2 is 1.71 bits per heavy atom. The third kappa shape index (κ3) is 2.96. The van der Waals surface area contributed by atoms with Crippen molar-refractivity contribution < 1.29 is 4.79 Å². The van der Waals surface area contributed by atoms with Gasteiger partial charge in [0.2, 0.25) is 5.91 Å². The Bertz CT molecular complexity index is 635. The molecule has 3 rings (SSSR count). The molecule has 2 aromatic rings. The van der Waals surface area contributed by atoms with E-state index in [2.05, 4.69) is 17.4 Å². The molecule has 1 amide bonds. The molecule has 0 spiro atoms. The highest BCUT2D eigenvalue weighted by Crippen LogP contribution is 2.50. The molecule has 1 aliphatic carbocycles. The van der Waals surface area contributed by atoms with Crippen molar-refractivity contribution in [2.24, 2.45) is 0 Å². The molecule has 0 aromatic heterocycles. The van der Waals surface area contributed by atoms with Gasteiger partial charge in [-0.25, -0.2) is 0 Å². The van der Waals surface area contributed by atoms with E-state index in [1.165, 1.54) is 5.56 Å². The third-order valence-corrected chi connectivity index (χ3v) is 4.45. The van der Waals surface area contributed by atoms with Crippen molar-refractivity contribution in [2.45, 2.75) is 24.7 Å². The summed E-state index contributed by atoms with van der Waals surface area (Å²) < 4.78 is 0. The number of nitrogens with one attached hydrogen (secondary N) is 1. The summed E-state index contributed by atoms with van der Waals surface area (Å²) in [6.07, 6.45) is 2.62. The number of halogens is 1. The monoisotopic (exact) mass is 299 g/mol. The summed E-state index contributed by atoms with van der Waals surface area (Å²) in [6.45, 7) is 0.662. The molecule has 2 nitrogen and oxygen atoms in total. The van der Waals surface area contributed by atoms with Crippen LogP contribution in [0.4, 0.5) is 0 Å². The zero-order valence-electron chi connectivity index (χ0n) is 11.8. The first-order chi connectivity index (χ1) is 10.2. The summed E-state index contributed by atoms with van der Waals surface area (Å²) in [5, 5.41) is 3.75. The molecule has 0 atom stereocenters. The van der Waals surface area contributed by atoms with Crippen molar-refractivity contribution in [1.29, 1.82) is 0 Å². The lowest BCUT2D eigenvalue weighted by Crippen LogP contribution is -2.36. The molecule has 1 aliphatic rings. The Balaban J connectivity index is 1.62. The van der Waals surface area contributed by atoms with Crippen LogP contribution in [0, 0.1) is 0 Å². The number of carbonyl (C=O) groups excluding carboxylic acids is 1. The van der Waals surface area contributed by atoms with Crippen LogP contribution in [0.15, 0.2) is 54.6 Å². The fraction of sp³-hybridized carbons (Fsp3) is 0.278. The molecule has 1 saturated carbocycles. The summed E-state index contributed by atoms with van der Waals surface area (Å²) in [7, 11) is 0. The van der Waals surface area contributed by atoms with Gasteiger partial charge in [-0.2, -0.15) is 0 Å². The van der Waals surface area contributed by atoms with Gasteiger partial charge >= 0.3 is 0 Å². The second kappa shape index (κ2) is 5.90. The van der Waals surface area contributed by atoms with E-state index in [1.54, 1.807) is 0 Å². The molecule has 0 unspecified atom stereocenters. The van der Waals surface area contributed by atoms with Crippen LogP contribution in [0.3, 0.4) is 0 Å². The minimum atomic E-state index is -0.394. The number of amides is 1. The van der Waals surface area contributed by atoms with E-state index in [4.69, 9.17) is 11.6 Å². The Hall–Kier alpha value is -1.80. The molecule has 21 heavy (non-hydrogen) atoms. The van der Waals surface area contributed by atoms with Crippen LogP contribution >= 0.6 is 11.6 Å². The lowest BCUT2D eigenvalue weighted by atomic mass is 9.95. The van der Waals surface area contributed by atoms with Gasteiger partial charge in [-0.05, 0) is 36.5 Å². The van der Waals surface area contributed by atoms with Gasteiger partial charge in [-0.1, -0.05) is 60.1 Å². The predicted molar refractivity (Wildman–Crippen MR) is 85.5 cm³/mol. The average molecular weight is 300 g/mol. The SMILES string of the molecule is O=C(NCCc1ccccc1)C1(c2ccccc2Cl)CC1. The standard InChI is InChI=1S/C18H18ClNO/c19-16-9-5-4-8-15(16)18(11-12-18)17(21)20-13-10-14-6-2-1-3-7-14/h1-9H,10-13H2,(H,20,21). The second-order valence-corrected chi connectivity index (χ2v) is 5.96. The van der Waals surface area contributed by atoms with Crippen molar-refractivity contribution >= 4 is 17.5 Å². The summed E-state index contributed by atoms with van der Waals surface area (Å²) >= 11 is 6.24. The van der Waals surface area contributed by atoms with Crippen molar-refractivity contribution in [3.8, 4) is 0 Å². The van der Waals surface area contributed by atoms with E-state index in [9.17, 15) is 4.79 Å². The number of rotatable bonds is 5. The Morgan fingerprint density at radius 1 is 1.05 bits per heavy atom. The van der Waals surface area contributed by atoms with Gasteiger partial charge in [-0.15, -0.1) is 0 Å². The van der Waals surface area contributed by atoms with Gasteiger partial charge in [0.15, 0.2) is 0 Å². The largest absolute Gasteiger partial charge is 0.355 e. The quantitative estimate of drug-likeness (QED) is 0.895. The van der Waals surface area contributed by atoms with E-state index in [0.29, 0.717) is 11.6 Å². The lowest BCUT2D eigenvalue weighted by molar-refractivity contribution is -0.123. The summed E-state index contributed by atoms with van der Waals surface area (Å²) in [5.74, 6) is 0.103. The number of benzene rings is 2. The number of carbonyl (C=O) groups is 1. The first kappa shape index (κ1) is 14.2. The molecule has 2 aromatic carbocycles. The normalized spacial score (nSPS) is 15.5. The van der Waals surface area contributed by atoms with Gasteiger partial charge in [0, 0.05) is 11.6 Å². The van der Waals surface area contributed by atoms with Crippen molar-refractivity contribution in [1.82, 2.24) is 5.32 Å². The van der Waals surface area contributed by atoms with Gasteiger partial charge < -0.3 is 5.32 Å². The van der Waals surface area contributed by atoms with E-state index in [-0.39, 0.29) is 5.91 Å². The molecule has 0 bridgehead atoms. The van der Waals surface area contributed by atoms with Crippen LogP contribution in [0.5, 0.6) is 0 Å². The smallest absolute Gasteiger partial charge is 0.230 e. The lowest BCUT2D eigenvalue weighted by Gasteiger charge is -2.17. The highest BCUT2D eigenvalue weighted by Gasteiger charge is 2.52. The zero-order valence-corrected chi connectivity index (χ0v) is 12.6. The highest BCUT2D eigenvalue weighted by atomic mass is 35.5. The molecule has 1 N–H and O–H groups in total. The second-order valence-electron chi connectivity index (χ2n) is 5.55. The van der Waals surface area contributed by atoms with Crippen LogP contribution in [0.1, 0.15) is 24.0 Å². The summed E-state index contributed by atoms with van der Waals surface area (Å²) in [5.41, 5.74) is 1.80. The minimum Gasteiger partial charge on any atom is -0.355 e. The van der Waals surface area contributed by atoms with Crippen LogP contribution in [0.2, 0.25) is 5.02 Å². The maximum atomic E-state index is 12.5. The van der Waals surface area contributed by atoms with E-state index in [1.807, 2.05) is 42.5 Å². The van der Waals surface area contributed by atoms with Crippen LogP contribution in [0.25, 0.3) is 0 Å². The molecular weight excluding hydrogens is 282 g/mol. The van der Waals surface area contributed by atoms with E-state index in [0.717, 1.165) is 24.8 Å². The number of hydrogen-bond donors (Lipinski definition) is 1. The zero-order chi connectivity index (χ0) is 14.7. The molecule has 3 heteroatoms. The van der Waals surface area contributed by atoms with Crippen molar-refractivity contribution in [3.63, 3.8) is 0 Å². The maximum absolute atomic E-state index is 12.5. The topological polar surface area (TPSA) is 29.1 Å². The van der Waals surface area contributed by atoms with Crippen LogP contribution < -0.4 is 5.32 Å². The minimum absolute atomic E-state index is 0.103. The maximum Gasteiger partial charge on any atom is 0.230 e. The Kier molecular flexibility index (Phi) is 3.98. The Morgan fingerprint density at radius 3 is 2.38 bits per heavy atom. The first-order valence-corrected chi connectivity index (χ1v) is 7.67. The highest BCUT2D eigenvalue weighted by molar-refractivity contribution is 6.31. The van der Waals surface area contributed by atoms with Crippen LogP contribution in [-0.2, 0) is 16.6 Å². The molecule has 1 fully saturated rings. The van der Waals surface area contributed by atoms with E-state index < -0.39 is 5.41 Å². The van der Waals surface area contributed by atoms with Crippen molar-refractivity contribution in [3.05, 3.63) is 70.7 Å². The molecule has 0 aliphatic heterocycles. The van der Waals surface area contributed by atoms with Crippen molar-refractivity contribution in [2.75, 3.05) is 6.54 Å². The average Bonchev–Trinajstić information content (AvgIpc) is 3.30. The van der Waals surface area contributed by atoms with Crippen LogP contribution in [-0.4, -0.2) is 12.5 Å². The fourth-order valence-electron chi connectivity index (χ4n) is 2.73. The number of hydrogen-bond acceptors (Lipinski definition) is 1. The molecule has 108 valence electrons. The molecule has 0 saturated heterocycles. The Labute approximate surface area is 130 Å².